The van der Waals surface area contributed by atoms with Crippen LogP contribution in [0.2, 0.25) is 0 Å². The molecule has 1 amide bonds. The third-order valence-corrected chi connectivity index (χ3v) is 4.96. The molecule has 0 atom stereocenters. The van der Waals surface area contributed by atoms with Crippen molar-refractivity contribution in [3.8, 4) is 11.5 Å². The Bertz CT molecular complexity index is 677. The van der Waals surface area contributed by atoms with E-state index in [0.717, 1.165) is 49.8 Å². The molecule has 0 aromatic heterocycles. The lowest BCUT2D eigenvalue weighted by atomic mass is 9.96. The number of rotatable bonds is 3. The third kappa shape index (κ3) is 4.24. The van der Waals surface area contributed by atoms with Gasteiger partial charge in [-0.25, -0.2) is 4.79 Å². The molecule has 2 aliphatic rings. The lowest BCUT2D eigenvalue weighted by Crippen LogP contribution is -2.50. The number of amides is 1. The number of hydrogen-bond donors (Lipinski definition) is 1. The predicted molar refractivity (Wildman–Crippen MR) is 105 cm³/mol. The number of hydrogen-bond acceptors (Lipinski definition) is 6. The molecule has 150 valence electrons. The van der Waals surface area contributed by atoms with E-state index in [0.29, 0.717) is 13.1 Å². The lowest BCUT2D eigenvalue weighted by Gasteiger charge is -2.39. The van der Waals surface area contributed by atoms with Crippen molar-refractivity contribution in [3.63, 3.8) is 0 Å². The Morgan fingerprint density at radius 1 is 1.11 bits per heavy atom. The summed E-state index contributed by atoms with van der Waals surface area (Å²) in [5.74, 6) is 1.54. The van der Waals surface area contributed by atoms with Crippen molar-refractivity contribution >= 4 is 11.8 Å². The number of piperazine rings is 1. The number of anilines is 1. The van der Waals surface area contributed by atoms with Gasteiger partial charge in [-0.1, -0.05) is 0 Å². The first-order chi connectivity index (χ1) is 12.8. The maximum atomic E-state index is 12.3. The highest BCUT2D eigenvalue weighted by Crippen LogP contribution is 2.43. The van der Waals surface area contributed by atoms with E-state index in [1.807, 2.05) is 20.8 Å². The largest absolute Gasteiger partial charge is 0.493 e. The van der Waals surface area contributed by atoms with Gasteiger partial charge >= 0.3 is 6.09 Å². The van der Waals surface area contributed by atoms with Crippen LogP contribution >= 0.6 is 0 Å². The molecule has 1 N–H and O–H groups in total. The van der Waals surface area contributed by atoms with Gasteiger partial charge in [-0.2, -0.15) is 0 Å². The van der Waals surface area contributed by atoms with Crippen LogP contribution in [0, 0.1) is 0 Å². The van der Waals surface area contributed by atoms with E-state index < -0.39 is 5.60 Å². The molecular weight excluding hydrogens is 346 g/mol. The predicted octanol–water partition coefficient (Wildman–Crippen LogP) is 2.41. The van der Waals surface area contributed by atoms with Crippen molar-refractivity contribution in [3.05, 3.63) is 17.2 Å². The van der Waals surface area contributed by atoms with Crippen LogP contribution < -0.4 is 19.7 Å². The van der Waals surface area contributed by atoms with Crippen LogP contribution in [-0.4, -0.2) is 63.5 Å². The van der Waals surface area contributed by atoms with Gasteiger partial charge in [0.1, 0.15) is 5.60 Å². The summed E-state index contributed by atoms with van der Waals surface area (Å²) in [5, 5.41) is 3.42. The molecule has 0 saturated carbocycles. The Labute approximate surface area is 161 Å². The van der Waals surface area contributed by atoms with Gasteiger partial charge in [0, 0.05) is 32.7 Å². The molecule has 1 aromatic rings. The quantitative estimate of drug-likeness (QED) is 0.873. The van der Waals surface area contributed by atoms with Gasteiger partial charge in [-0.3, -0.25) is 0 Å². The number of nitrogens with zero attached hydrogens (tertiary/aromatic N) is 2. The average molecular weight is 377 g/mol. The Balaban J connectivity index is 1.82. The van der Waals surface area contributed by atoms with E-state index >= 15 is 0 Å². The van der Waals surface area contributed by atoms with Crippen molar-refractivity contribution in [2.24, 2.45) is 0 Å². The molecule has 7 nitrogen and oxygen atoms in total. The molecule has 3 rings (SSSR count). The minimum Gasteiger partial charge on any atom is -0.493 e. The number of ether oxygens (including phenoxy) is 3. The zero-order valence-corrected chi connectivity index (χ0v) is 17.1. The average Bonchev–Trinajstić information content (AvgIpc) is 2.65. The van der Waals surface area contributed by atoms with Crippen LogP contribution in [0.3, 0.4) is 0 Å². The highest BCUT2D eigenvalue weighted by Gasteiger charge is 2.30. The Kier molecular flexibility index (Phi) is 5.69. The maximum Gasteiger partial charge on any atom is 0.410 e. The Morgan fingerprint density at radius 3 is 2.41 bits per heavy atom. The number of fused-ring (bicyclic) bond motifs is 1. The van der Waals surface area contributed by atoms with E-state index in [2.05, 4.69) is 16.3 Å². The first-order valence-electron chi connectivity index (χ1n) is 9.54. The second-order valence-electron chi connectivity index (χ2n) is 7.98. The van der Waals surface area contributed by atoms with Crippen molar-refractivity contribution in [1.29, 1.82) is 0 Å². The first-order valence-corrected chi connectivity index (χ1v) is 9.54. The van der Waals surface area contributed by atoms with E-state index in [-0.39, 0.29) is 6.09 Å². The summed E-state index contributed by atoms with van der Waals surface area (Å²) in [7, 11) is 3.36. The van der Waals surface area contributed by atoms with Gasteiger partial charge in [-0.05, 0) is 50.9 Å². The highest BCUT2D eigenvalue weighted by atomic mass is 16.6. The first kappa shape index (κ1) is 19.6. The molecule has 2 aliphatic heterocycles. The number of carbonyl (C=O) groups is 1. The SMILES string of the molecule is COc1cc2c(c(N3CCN(C(=O)OC(C)(C)C)CC3)c1OC)CCNC2. The van der Waals surface area contributed by atoms with Crippen molar-refractivity contribution in [2.45, 2.75) is 39.3 Å². The molecule has 7 heteroatoms. The summed E-state index contributed by atoms with van der Waals surface area (Å²) in [6.07, 6.45) is 0.711. The number of benzene rings is 1. The molecule has 0 radical (unpaired) electrons. The molecule has 0 aliphatic carbocycles. The summed E-state index contributed by atoms with van der Waals surface area (Å²) in [6.45, 7) is 10.2. The van der Waals surface area contributed by atoms with Gasteiger partial charge in [0.15, 0.2) is 11.5 Å². The fourth-order valence-electron chi connectivity index (χ4n) is 3.71. The molecule has 2 heterocycles. The standard InChI is InChI=1S/C20H31N3O4/c1-20(2,3)27-19(24)23-10-8-22(9-11-23)17-15-6-7-21-13-14(15)12-16(25-4)18(17)26-5/h12,21H,6-11,13H2,1-5H3. The van der Waals surface area contributed by atoms with Gasteiger partial charge < -0.3 is 29.3 Å². The zero-order chi connectivity index (χ0) is 19.6. The molecular formula is C20H31N3O4. The topological polar surface area (TPSA) is 63.3 Å². The lowest BCUT2D eigenvalue weighted by molar-refractivity contribution is 0.0240. The number of nitrogens with one attached hydrogen (secondary N) is 1. The van der Waals surface area contributed by atoms with Crippen LogP contribution in [-0.2, 0) is 17.7 Å². The van der Waals surface area contributed by atoms with Crippen LogP contribution in [0.25, 0.3) is 0 Å². The molecule has 1 saturated heterocycles. The molecule has 0 spiro atoms. The second-order valence-corrected chi connectivity index (χ2v) is 7.98. The van der Waals surface area contributed by atoms with Crippen molar-refractivity contribution in [1.82, 2.24) is 10.2 Å². The monoisotopic (exact) mass is 377 g/mol. The summed E-state index contributed by atoms with van der Waals surface area (Å²) in [6, 6.07) is 2.07. The maximum absolute atomic E-state index is 12.3. The van der Waals surface area contributed by atoms with E-state index in [1.54, 1.807) is 19.1 Å². The van der Waals surface area contributed by atoms with Crippen LogP contribution in [0.1, 0.15) is 31.9 Å². The summed E-state index contributed by atoms with van der Waals surface area (Å²) in [5.41, 5.74) is 3.20. The minimum absolute atomic E-state index is 0.244. The summed E-state index contributed by atoms with van der Waals surface area (Å²) >= 11 is 0. The van der Waals surface area contributed by atoms with Crippen LogP contribution in [0.15, 0.2) is 6.07 Å². The normalized spacial score (nSPS) is 17.4. The smallest absolute Gasteiger partial charge is 0.410 e. The minimum atomic E-state index is -0.476. The molecule has 1 fully saturated rings. The van der Waals surface area contributed by atoms with Crippen molar-refractivity contribution < 1.29 is 19.0 Å². The second kappa shape index (κ2) is 7.84. The molecule has 0 bridgehead atoms. The van der Waals surface area contributed by atoms with E-state index in [9.17, 15) is 4.79 Å². The Morgan fingerprint density at radius 2 is 1.81 bits per heavy atom. The van der Waals surface area contributed by atoms with Crippen molar-refractivity contribution in [2.75, 3.05) is 51.8 Å². The molecule has 1 aromatic carbocycles. The van der Waals surface area contributed by atoms with Gasteiger partial charge in [0.25, 0.3) is 0 Å². The Hall–Kier alpha value is -2.15. The summed E-state index contributed by atoms with van der Waals surface area (Å²) < 4.78 is 16.8. The van der Waals surface area contributed by atoms with Crippen LogP contribution in [0.5, 0.6) is 11.5 Å². The van der Waals surface area contributed by atoms with Gasteiger partial charge in [0.2, 0.25) is 0 Å². The van der Waals surface area contributed by atoms with Crippen LogP contribution in [0.4, 0.5) is 10.5 Å². The van der Waals surface area contributed by atoms with E-state index in [1.165, 1.54) is 11.1 Å². The highest BCUT2D eigenvalue weighted by molar-refractivity contribution is 5.73. The van der Waals surface area contributed by atoms with E-state index in [4.69, 9.17) is 14.2 Å². The fraction of sp³-hybridized carbons (Fsp3) is 0.650. The number of methoxy groups -OCH3 is 2. The number of carbonyl (C=O) groups excluding carboxylic acids is 1. The van der Waals surface area contributed by atoms with Gasteiger partial charge in [0.05, 0.1) is 19.9 Å². The van der Waals surface area contributed by atoms with Gasteiger partial charge in [-0.15, -0.1) is 0 Å². The zero-order valence-electron chi connectivity index (χ0n) is 17.1. The summed E-state index contributed by atoms with van der Waals surface area (Å²) in [4.78, 5) is 16.4. The molecule has 0 unspecified atom stereocenters. The third-order valence-electron chi connectivity index (χ3n) is 4.96. The molecule has 27 heavy (non-hydrogen) atoms. The fourth-order valence-corrected chi connectivity index (χ4v) is 3.71.